The molecular formula is C18H17N3O2. The minimum Gasteiger partial charge on any atom is -0.497 e. The molecule has 0 saturated carbocycles. The van der Waals surface area contributed by atoms with Crippen LogP contribution in [0.15, 0.2) is 59.8 Å². The van der Waals surface area contributed by atoms with E-state index in [1.807, 2.05) is 54.7 Å². The van der Waals surface area contributed by atoms with E-state index in [0.29, 0.717) is 0 Å². The molecule has 3 rings (SSSR count). The maximum atomic E-state index is 12.0. The molecule has 116 valence electrons. The number of nitrogens with zero attached hydrogens (tertiary/aromatic N) is 1. The third-order valence-corrected chi connectivity index (χ3v) is 3.52. The molecule has 0 fully saturated rings. The Bertz CT molecular complexity index is 852. The maximum absolute atomic E-state index is 12.0. The van der Waals surface area contributed by atoms with Crippen LogP contribution >= 0.6 is 0 Å². The van der Waals surface area contributed by atoms with Gasteiger partial charge >= 0.3 is 0 Å². The molecule has 5 heteroatoms. The molecule has 5 nitrogen and oxygen atoms in total. The summed E-state index contributed by atoms with van der Waals surface area (Å²) in [5, 5.41) is 5.04. The topological polar surface area (TPSA) is 66.5 Å². The molecule has 2 N–H and O–H groups in total. The van der Waals surface area contributed by atoms with Crippen LogP contribution in [0.25, 0.3) is 10.9 Å². The highest BCUT2D eigenvalue weighted by Gasteiger charge is 2.07. The summed E-state index contributed by atoms with van der Waals surface area (Å²) in [4.78, 5) is 15.2. The van der Waals surface area contributed by atoms with E-state index in [9.17, 15) is 4.79 Å². The van der Waals surface area contributed by atoms with Gasteiger partial charge < -0.3 is 9.72 Å². The number of methoxy groups -OCH3 is 1. The van der Waals surface area contributed by atoms with Gasteiger partial charge in [0.05, 0.1) is 19.7 Å². The lowest BCUT2D eigenvalue weighted by molar-refractivity contribution is -0.120. The van der Waals surface area contributed by atoms with Gasteiger partial charge in [-0.25, -0.2) is 5.43 Å². The number of rotatable bonds is 5. The number of benzene rings is 2. The lowest BCUT2D eigenvalue weighted by Gasteiger charge is -2.01. The summed E-state index contributed by atoms with van der Waals surface area (Å²) in [5.41, 5.74) is 5.38. The van der Waals surface area contributed by atoms with Crippen molar-refractivity contribution in [1.29, 1.82) is 0 Å². The van der Waals surface area contributed by atoms with E-state index in [2.05, 4.69) is 15.5 Å². The first-order valence-corrected chi connectivity index (χ1v) is 7.27. The molecule has 0 aliphatic carbocycles. The van der Waals surface area contributed by atoms with Crippen LogP contribution in [0.4, 0.5) is 0 Å². The number of aromatic nitrogens is 1. The fourth-order valence-electron chi connectivity index (χ4n) is 2.39. The van der Waals surface area contributed by atoms with Gasteiger partial charge in [0.15, 0.2) is 0 Å². The summed E-state index contributed by atoms with van der Waals surface area (Å²) in [6.07, 6.45) is 3.73. The van der Waals surface area contributed by atoms with E-state index in [1.165, 1.54) is 0 Å². The Morgan fingerprint density at radius 3 is 3.00 bits per heavy atom. The van der Waals surface area contributed by atoms with E-state index in [-0.39, 0.29) is 12.3 Å². The zero-order valence-electron chi connectivity index (χ0n) is 12.7. The van der Waals surface area contributed by atoms with Crippen molar-refractivity contribution in [2.45, 2.75) is 6.42 Å². The van der Waals surface area contributed by atoms with Crippen LogP contribution in [0.5, 0.6) is 5.75 Å². The Hall–Kier alpha value is -3.08. The molecule has 0 unspecified atom stereocenters. The molecule has 0 bridgehead atoms. The van der Waals surface area contributed by atoms with Gasteiger partial charge in [0.25, 0.3) is 0 Å². The number of hydrogen-bond donors (Lipinski definition) is 2. The molecule has 1 heterocycles. The van der Waals surface area contributed by atoms with E-state index >= 15 is 0 Å². The Balaban J connectivity index is 1.62. The van der Waals surface area contributed by atoms with Crippen LogP contribution in [0.3, 0.4) is 0 Å². The first kappa shape index (κ1) is 14.8. The number of amides is 1. The van der Waals surface area contributed by atoms with Gasteiger partial charge in [-0.2, -0.15) is 5.10 Å². The summed E-state index contributed by atoms with van der Waals surface area (Å²) >= 11 is 0. The average Bonchev–Trinajstić information content (AvgIpc) is 2.98. The average molecular weight is 307 g/mol. The number of hydrogen-bond acceptors (Lipinski definition) is 3. The molecule has 0 spiro atoms. The Labute approximate surface area is 134 Å². The number of hydrazone groups is 1. The van der Waals surface area contributed by atoms with Crippen LogP contribution in [0, 0.1) is 0 Å². The van der Waals surface area contributed by atoms with Crippen LogP contribution in [0.1, 0.15) is 11.1 Å². The normalized spacial score (nSPS) is 11.0. The smallest absolute Gasteiger partial charge is 0.244 e. The Kier molecular flexibility index (Phi) is 4.38. The van der Waals surface area contributed by atoms with E-state index in [1.54, 1.807) is 13.3 Å². The van der Waals surface area contributed by atoms with Crippen LogP contribution in [-0.4, -0.2) is 24.2 Å². The summed E-state index contributed by atoms with van der Waals surface area (Å²) in [7, 11) is 1.61. The second-order valence-corrected chi connectivity index (χ2v) is 5.11. The lowest BCUT2D eigenvalue weighted by atomic mass is 10.1. The van der Waals surface area contributed by atoms with Crippen molar-refractivity contribution in [3.63, 3.8) is 0 Å². The number of para-hydroxylation sites is 1. The highest BCUT2D eigenvalue weighted by molar-refractivity contribution is 5.89. The van der Waals surface area contributed by atoms with Crippen LogP contribution in [-0.2, 0) is 11.2 Å². The zero-order chi connectivity index (χ0) is 16.1. The van der Waals surface area contributed by atoms with Crippen LogP contribution < -0.4 is 10.2 Å². The SMILES string of the molecule is COc1cccc(/C=N\NC(=O)Cc2c[nH]c3ccccc23)c1. The van der Waals surface area contributed by atoms with Crippen molar-refractivity contribution in [1.82, 2.24) is 10.4 Å². The molecule has 3 aromatic rings. The van der Waals surface area contributed by atoms with Gasteiger partial charge in [-0.3, -0.25) is 4.79 Å². The predicted octanol–water partition coefficient (Wildman–Crippen LogP) is 2.87. The zero-order valence-corrected chi connectivity index (χ0v) is 12.7. The molecule has 1 amide bonds. The fourth-order valence-corrected chi connectivity index (χ4v) is 2.39. The molecule has 1 aromatic heterocycles. The Morgan fingerprint density at radius 1 is 1.26 bits per heavy atom. The fraction of sp³-hybridized carbons (Fsp3) is 0.111. The van der Waals surface area contributed by atoms with Crippen molar-refractivity contribution < 1.29 is 9.53 Å². The molecule has 0 aliphatic rings. The third kappa shape index (κ3) is 3.58. The van der Waals surface area contributed by atoms with Crippen LogP contribution in [0.2, 0.25) is 0 Å². The number of aromatic amines is 1. The first-order chi connectivity index (χ1) is 11.3. The lowest BCUT2D eigenvalue weighted by Crippen LogP contribution is -2.19. The van der Waals surface area contributed by atoms with Gasteiger partial charge in [-0.05, 0) is 29.3 Å². The molecule has 0 aliphatic heterocycles. The second kappa shape index (κ2) is 6.79. The monoisotopic (exact) mass is 307 g/mol. The number of nitrogens with one attached hydrogen (secondary N) is 2. The van der Waals surface area contributed by atoms with Gasteiger partial charge in [-0.15, -0.1) is 0 Å². The maximum Gasteiger partial charge on any atom is 0.244 e. The third-order valence-electron chi connectivity index (χ3n) is 3.52. The quantitative estimate of drug-likeness (QED) is 0.562. The number of carbonyl (C=O) groups excluding carboxylic acids is 1. The van der Waals surface area contributed by atoms with Gasteiger partial charge in [0.1, 0.15) is 5.75 Å². The molecule has 2 aromatic carbocycles. The molecular weight excluding hydrogens is 290 g/mol. The standard InChI is InChI=1S/C18H17N3O2/c1-23-15-6-4-5-13(9-15)11-20-21-18(22)10-14-12-19-17-8-3-2-7-16(14)17/h2-9,11-12,19H,10H2,1H3,(H,21,22)/b20-11-. The first-order valence-electron chi connectivity index (χ1n) is 7.27. The molecule has 0 atom stereocenters. The largest absolute Gasteiger partial charge is 0.497 e. The van der Waals surface area contributed by atoms with E-state index < -0.39 is 0 Å². The number of H-pyrrole nitrogens is 1. The highest BCUT2D eigenvalue weighted by Crippen LogP contribution is 2.17. The van der Waals surface area contributed by atoms with Crippen molar-refractivity contribution in [3.8, 4) is 5.75 Å². The summed E-state index contributed by atoms with van der Waals surface area (Å²) < 4.78 is 5.14. The molecule has 0 radical (unpaired) electrons. The van der Waals surface area contributed by atoms with Crippen molar-refractivity contribution in [3.05, 3.63) is 65.9 Å². The summed E-state index contributed by atoms with van der Waals surface area (Å²) in [6.45, 7) is 0. The minimum atomic E-state index is -0.158. The van der Waals surface area contributed by atoms with Crippen molar-refractivity contribution in [2.24, 2.45) is 5.10 Å². The van der Waals surface area contributed by atoms with Crippen molar-refractivity contribution in [2.75, 3.05) is 7.11 Å². The van der Waals surface area contributed by atoms with Crippen molar-refractivity contribution >= 4 is 23.0 Å². The second-order valence-electron chi connectivity index (χ2n) is 5.11. The van der Waals surface area contributed by atoms with Gasteiger partial charge in [0, 0.05) is 17.1 Å². The molecule has 0 saturated heterocycles. The number of carbonyl (C=O) groups is 1. The molecule has 23 heavy (non-hydrogen) atoms. The minimum absolute atomic E-state index is 0.158. The number of ether oxygens (including phenoxy) is 1. The van der Waals surface area contributed by atoms with Gasteiger partial charge in [0.2, 0.25) is 5.91 Å². The Morgan fingerprint density at radius 2 is 2.13 bits per heavy atom. The van der Waals surface area contributed by atoms with E-state index in [4.69, 9.17) is 4.74 Å². The predicted molar refractivity (Wildman–Crippen MR) is 90.7 cm³/mol. The van der Waals surface area contributed by atoms with Gasteiger partial charge in [-0.1, -0.05) is 30.3 Å². The summed E-state index contributed by atoms with van der Waals surface area (Å²) in [6, 6.07) is 15.3. The van der Waals surface area contributed by atoms with E-state index in [0.717, 1.165) is 27.8 Å². The highest BCUT2D eigenvalue weighted by atomic mass is 16.5. The summed E-state index contributed by atoms with van der Waals surface area (Å²) in [5.74, 6) is 0.591. The number of fused-ring (bicyclic) bond motifs is 1.